The molecule has 0 saturated heterocycles. The minimum absolute atomic E-state index is 0. The largest absolute Gasteiger partial charge is 2.00 e. The molecule has 4 aliphatic rings. The van der Waals surface area contributed by atoms with Crippen LogP contribution in [0, 0.1) is 36.4 Å². The van der Waals surface area contributed by atoms with E-state index < -0.39 is 21.7 Å². The van der Waals surface area contributed by atoms with Gasteiger partial charge in [0.05, 0.1) is 32.2 Å². The predicted octanol–water partition coefficient (Wildman–Crippen LogP) is 27.3. The Morgan fingerprint density at radius 3 is 0.736 bits per heavy atom. The topological polar surface area (TPSA) is 173 Å². The van der Waals surface area contributed by atoms with Crippen molar-refractivity contribution in [2.45, 2.75) is 154 Å². The van der Waals surface area contributed by atoms with Gasteiger partial charge in [-0.1, -0.05) is 180 Å². The number of aromatic hydroxyl groups is 2. The van der Waals surface area contributed by atoms with E-state index in [4.69, 9.17) is 39.9 Å². The number of thiazole rings is 2. The molecule has 0 saturated carbocycles. The maximum absolute atomic E-state index is 11.9. The molecular formula is C122H108N14O2Pt3S2Zn. The summed E-state index contributed by atoms with van der Waals surface area (Å²) in [6.45, 7) is 34.8. The molecule has 12 aromatic carbocycles. The van der Waals surface area contributed by atoms with Crippen molar-refractivity contribution in [3.63, 3.8) is 0 Å². The summed E-state index contributed by atoms with van der Waals surface area (Å²) in [6, 6.07) is 113. The Bertz CT molecular complexity index is 7680. The average Bonchev–Trinajstić information content (AvgIpc) is 1.57. The zero-order chi connectivity index (χ0) is 97.5. The zero-order valence-electron chi connectivity index (χ0n) is 83.6. The van der Waals surface area contributed by atoms with E-state index in [0.29, 0.717) is 22.5 Å². The van der Waals surface area contributed by atoms with Crippen LogP contribution in [0.15, 0.2) is 315 Å². The molecule has 12 heterocycles. The van der Waals surface area contributed by atoms with Gasteiger partial charge >= 0.3 is 63.2 Å². The summed E-state index contributed by atoms with van der Waals surface area (Å²) in [6.07, 6.45) is 12.4. The summed E-state index contributed by atoms with van der Waals surface area (Å²) in [5, 5.41) is 30.3. The summed E-state index contributed by atoms with van der Waals surface area (Å²) in [5.41, 5.74) is 23.0. The number of rotatable bonds is 4. The van der Waals surface area contributed by atoms with Gasteiger partial charge in [0.2, 0.25) is 0 Å². The number of phenolic OH excluding ortho intramolecular Hbond substituents is 2. The number of imidazole rings is 6. The minimum Gasteiger partial charge on any atom is -0.507 e. The van der Waals surface area contributed by atoms with Crippen LogP contribution in [0.5, 0.6) is 11.5 Å². The molecule has 32 bridgehead atoms. The molecule has 0 fully saturated rings. The molecule has 0 amide bonds. The molecule has 722 valence electrons. The van der Waals surface area contributed by atoms with Gasteiger partial charge in [0.15, 0.2) is 0 Å². The first-order valence-electron chi connectivity index (χ1n) is 47.5. The van der Waals surface area contributed by atoms with E-state index in [1.165, 1.54) is 0 Å². The van der Waals surface area contributed by atoms with Crippen molar-refractivity contribution in [3.8, 4) is 124 Å². The fraction of sp³-hybridized carbons (Fsp3) is 0.213. The molecule has 0 spiro atoms. The Morgan fingerprint density at radius 2 is 0.451 bits per heavy atom. The van der Waals surface area contributed by atoms with E-state index in [1.807, 2.05) is 122 Å². The number of nitrogens with zero attached hydrogens (tertiary/aromatic N) is 14. The molecule has 20 aromatic rings. The van der Waals surface area contributed by atoms with Gasteiger partial charge in [-0.2, -0.15) is 0 Å². The van der Waals surface area contributed by atoms with Crippen molar-refractivity contribution in [1.82, 2.24) is 67.3 Å². The maximum Gasteiger partial charge on any atom is 2.00 e. The van der Waals surface area contributed by atoms with Crippen LogP contribution >= 0.6 is 22.7 Å². The van der Waals surface area contributed by atoms with Crippen LogP contribution < -0.4 is 0 Å². The Kier molecular flexibility index (Phi) is 28.2. The van der Waals surface area contributed by atoms with Crippen LogP contribution in [0.1, 0.15) is 200 Å². The summed E-state index contributed by atoms with van der Waals surface area (Å²) >= 11 is 3.41. The van der Waals surface area contributed by atoms with Crippen LogP contribution in [-0.4, -0.2) is 77.5 Å². The molecule has 144 heavy (non-hydrogen) atoms. The van der Waals surface area contributed by atoms with E-state index in [-0.39, 0.29) is 116 Å². The second kappa shape index (κ2) is 39.4. The average molecular weight is 2520 g/mol. The molecule has 0 atom stereocenters. The van der Waals surface area contributed by atoms with Gasteiger partial charge in [-0.3, -0.25) is 29.9 Å². The first-order chi connectivity index (χ1) is 67.0. The summed E-state index contributed by atoms with van der Waals surface area (Å²) < 4.78 is 12.8. The van der Waals surface area contributed by atoms with Gasteiger partial charge in [-0.05, 0) is 135 Å². The fourth-order valence-corrected chi connectivity index (χ4v) is 21.9. The first-order valence-corrected chi connectivity index (χ1v) is 49.2. The summed E-state index contributed by atoms with van der Waals surface area (Å²) in [4.78, 5) is 41.0. The maximum atomic E-state index is 11.9. The van der Waals surface area contributed by atoms with E-state index in [1.54, 1.807) is 22.7 Å². The smallest absolute Gasteiger partial charge is 0.507 e. The van der Waals surface area contributed by atoms with Crippen LogP contribution in [0.4, 0.5) is 0 Å². The van der Waals surface area contributed by atoms with Crippen molar-refractivity contribution in [1.29, 1.82) is 0 Å². The van der Waals surface area contributed by atoms with Crippen LogP contribution in [-0.2, 0) is 140 Å². The molecule has 2 N–H and O–H groups in total. The normalized spacial score (nSPS) is 15.0. The number of aromatic nitrogens is 14. The zero-order valence-corrected chi connectivity index (χ0v) is 95.1. The second-order valence-electron chi connectivity index (χ2n) is 41.1. The minimum atomic E-state index is -0.713. The van der Waals surface area contributed by atoms with Gasteiger partial charge in [-0.15, -0.1) is 235 Å². The standard InChI is InChI=1S/C36H32N4O2.C36H30N4.C26H26N4.C24H20N2S2.3Pt.Zn/c1-35(2)27-19-11-17-25(31(27)41)30-22-40(24-15-9-6-10-16-24)34(38-30)36(3,4)28-20-12-18-26(32(28)42)29-21-39(33(35)37-29)23-13-7-5-8-14-23;1-35(2)27-15-11-13-25(21-27)32-24-40(30-19-9-6-10-20-30)34(38-32)36(3,4)28-16-12-14-26(22-28)31-23-39(33(35)37-31)29-17-7-5-8-18-29;1-25(2)19-11-7-9-17(13-19)22-16-30(6)24(28-22)26(3,4)20-12-8-10-18(14-20)21-15-29(5)23(25)27-21;1-23(2)17-9-5-7-15(11-17)20-14-28-22(26-20)24(3,4)18-10-6-8-16(12-18)19-13-27-21(23)25-19;;;;/h5-22,41-42H,1-4H3;5-20,23-24H,1-4H3;7-12,15-16H,1-6H3;5-10,13-14H,1-4H3;;;;/q;3*-2;3*+2;. The summed E-state index contributed by atoms with van der Waals surface area (Å²) in [5.74, 6) is 5.74. The van der Waals surface area contributed by atoms with Crippen molar-refractivity contribution in [2.75, 3.05) is 0 Å². The number of hydrogen-bond donors (Lipinski definition) is 2. The molecule has 24 rings (SSSR count). The van der Waals surface area contributed by atoms with Gasteiger partial charge in [0, 0.05) is 146 Å². The van der Waals surface area contributed by atoms with E-state index in [9.17, 15) is 10.2 Å². The molecular weight excluding hydrogens is 2410 g/mol. The quantitative estimate of drug-likeness (QED) is 0.128. The molecule has 4 aliphatic heterocycles. The Hall–Kier alpha value is -12.6. The predicted molar refractivity (Wildman–Crippen MR) is 562 cm³/mol. The van der Waals surface area contributed by atoms with Crippen molar-refractivity contribution >= 4 is 22.7 Å². The van der Waals surface area contributed by atoms with Gasteiger partial charge < -0.3 is 37.6 Å². The van der Waals surface area contributed by atoms with Gasteiger partial charge in [0.25, 0.3) is 0 Å². The Morgan fingerprint density at radius 1 is 0.229 bits per heavy atom. The first kappa shape index (κ1) is 103. The fourth-order valence-electron chi connectivity index (χ4n) is 20.0. The number of phenols is 2. The number of para-hydroxylation sites is 6. The second-order valence-corrected chi connectivity index (χ2v) is 42.8. The van der Waals surface area contributed by atoms with Crippen LogP contribution in [0.3, 0.4) is 0 Å². The van der Waals surface area contributed by atoms with Crippen LogP contribution in [0.25, 0.3) is 113 Å². The number of hydrogen-bond acceptors (Lipinski definition) is 12. The third-order valence-electron chi connectivity index (χ3n) is 28.6. The van der Waals surface area contributed by atoms with E-state index in [2.05, 4.69) is 382 Å². The number of benzene rings is 12. The van der Waals surface area contributed by atoms with Crippen molar-refractivity contribution in [2.24, 2.45) is 14.1 Å². The SMILES string of the molecule is CC1(C)c2[c-]c(ccc2)-c2cn(-c3ccccc3)c(n2)C(C)(C)c2[c-]c(ccc2)-c2cn(-c3ccccc3)c1n2.CC1(C)c2[c-]c(ccc2)-c2csc(n2)C(C)(C)c2[c-]c(ccc2)-c2csc1n2.CC1(C)c2cccc(c2O)-c2cn(-c3ccccc3)c(n2)C(C)(C)c2cccc(c2O)-c2cn(-c3ccccc3)c1n2.Cn1cc2nc1C(C)(C)c1[c-]c(ccc1)-c1cn(C)c(n1)C(C)(C)c1[c-]c-2ccc1.[Pt+2].[Pt+2].[Pt+2].[Zn]. The number of aryl methyl sites for hydroxylation is 2. The third kappa shape index (κ3) is 18.3. The Balaban J connectivity index is 0.000000132. The van der Waals surface area contributed by atoms with Crippen molar-refractivity contribution < 1.29 is 92.9 Å². The molecule has 0 radical (unpaired) electrons. The summed E-state index contributed by atoms with van der Waals surface area (Å²) in [7, 11) is 4.13. The van der Waals surface area contributed by atoms with Crippen molar-refractivity contribution in [3.05, 3.63) is 441 Å². The molecule has 8 aromatic heterocycles. The van der Waals surface area contributed by atoms with Gasteiger partial charge in [0.1, 0.15) is 46.4 Å². The van der Waals surface area contributed by atoms with Crippen LogP contribution in [0.2, 0.25) is 0 Å². The molecule has 16 nitrogen and oxygen atoms in total. The van der Waals surface area contributed by atoms with E-state index >= 15 is 0 Å². The molecule has 0 unspecified atom stereocenters. The van der Waals surface area contributed by atoms with Gasteiger partial charge in [-0.25, -0.2) is 9.97 Å². The Labute approximate surface area is 907 Å². The molecule has 22 heteroatoms. The van der Waals surface area contributed by atoms with E-state index in [0.717, 1.165) is 180 Å². The number of fused-ring (bicyclic) bond motifs is 40. The monoisotopic (exact) mass is 2510 g/mol. The molecule has 0 aliphatic carbocycles. The third-order valence-corrected chi connectivity index (χ3v) is 30.9.